The van der Waals surface area contributed by atoms with Gasteiger partial charge in [-0.2, -0.15) is 5.10 Å². The van der Waals surface area contributed by atoms with Crippen molar-refractivity contribution in [2.24, 2.45) is 5.92 Å². The SMILES string of the molecule is COc1cccc2c1OCC(CN1CCCC(C(=O)Nc3cccc(-n4cccn4)c3)C1)=C2. The quantitative estimate of drug-likeness (QED) is 0.622. The van der Waals surface area contributed by atoms with Crippen LogP contribution in [-0.2, 0) is 4.79 Å². The lowest BCUT2D eigenvalue weighted by molar-refractivity contribution is -0.121. The van der Waals surface area contributed by atoms with Gasteiger partial charge in [0.25, 0.3) is 0 Å². The van der Waals surface area contributed by atoms with Crippen LogP contribution in [0.2, 0.25) is 0 Å². The number of ether oxygens (including phenoxy) is 2. The molecule has 2 aromatic carbocycles. The Hall–Kier alpha value is -3.58. The summed E-state index contributed by atoms with van der Waals surface area (Å²) in [7, 11) is 1.66. The van der Waals surface area contributed by atoms with Crippen LogP contribution < -0.4 is 14.8 Å². The van der Waals surface area contributed by atoms with Crippen molar-refractivity contribution in [2.75, 3.05) is 38.7 Å². The lowest BCUT2D eigenvalue weighted by atomic mass is 9.96. The number of amides is 1. The molecule has 1 N–H and O–H groups in total. The van der Waals surface area contributed by atoms with Crippen LogP contribution in [0.5, 0.6) is 11.5 Å². The van der Waals surface area contributed by atoms with Gasteiger partial charge in [0.05, 0.1) is 18.7 Å². The molecule has 0 spiro atoms. The maximum absolute atomic E-state index is 13.0. The van der Waals surface area contributed by atoms with E-state index in [2.05, 4.69) is 21.4 Å². The number of hydrogen-bond donors (Lipinski definition) is 1. The molecule has 3 aromatic rings. The van der Waals surface area contributed by atoms with Gasteiger partial charge in [0.15, 0.2) is 11.5 Å². The van der Waals surface area contributed by atoms with Crippen molar-refractivity contribution < 1.29 is 14.3 Å². The molecule has 7 heteroatoms. The number of nitrogens with zero attached hydrogens (tertiary/aromatic N) is 3. The third-order valence-electron chi connectivity index (χ3n) is 6.18. The summed E-state index contributed by atoms with van der Waals surface area (Å²) in [6.45, 7) is 3.07. The van der Waals surface area contributed by atoms with Crippen molar-refractivity contribution in [1.82, 2.24) is 14.7 Å². The average molecular weight is 445 g/mol. The summed E-state index contributed by atoms with van der Waals surface area (Å²) in [6.07, 6.45) is 7.72. The Morgan fingerprint density at radius 2 is 2.15 bits per heavy atom. The Morgan fingerprint density at radius 1 is 1.24 bits per heavy atom. The molecule has 2 aliphatic rings. The molecule has 5 rings (SSSR count). The van der Waals surface area contributed by atoms with Crippen LogP contribution in [0.4, 0.5) is 5.69 Å². The summed E-state index contributed by atoms with van der Waals surface area (Å²) < 4.78 is 13.2. The average Bonchev–Trinajstić information content (AvgIpc) is 3.39. The highest BCUT2D eigenvalue weighted by atomic mass is 16.5. The number of carbonyl (C=O) groups excluding carboxylic acids is 1. The standard InChI is InChI=1S/C26H28N4O3/c1-32-24-10-2-6-20-14-19(18-33-25(20)24)16-29-12-4-7-21(17-29)26(31)28-22-8-3-9-23(15-22)30-13-5-11-27-30/h2-3,5-6,8-11,13-15,21H,4,7,12,16-18H2,1H3,(H,28,31). The normalized spacial score (nSPS) is 18.1. The maximum atomic E-state index is 13.0. The highest BCUT2D eigenvalue weighted by molar-refractivity contribution is 5.93. The lowest BCUT2D eigenvalue weighted by Gasteiger charge is -2.33. The first-order valence-corrected chi connectivity index (χ1v) is 11.3. The van der Waals surface area contributed by atoms with Crippen LogP contribution >= 0.6 is 0 Å². The minimum absolute atomic E-state index is 0.0374. The molecular weight excluding hydrogens is 416 g/mol. The zero-order chi connectivity index (χ0) is 22.6. The molecular formula is C26H28N4O3. The van der Waals surface area contributed by atoms with E-state index in [0.717, 1.165) is 60.9 Å². The molecule has 1 unspecified atom stereocenters. The molecule has 1 aromatic heterocycles. The van der Waals surface area contributed by atoms with Gasteiger partial charge in [-0.3, -0.25) is 9.69 Å². The number of carbonyl (C=O) groups is 1. The van der Waals surface area contributed by atoms with E-state index in [-0.39, 0.29) is 11.8 Å². The van der Waals surface area contributed by atoms with E-state index in [1.807, 2.05) is 54.7 Å². The van der Waals surface area contributed by atoms with Gasteiger partial charge in [-0.05, 0) is 61.4 Å². The Labute approximate surface area is 193 Å². The fourth-order valence-corrected chi connectivity index (χ4v) is 4.57. The molecule has 1 fully saturated rings. The molecule has 3 heterocycles. The van der Waals surface area contributed by atoms with Gasteiger partial charge < -0.3 is 14.8 Å². The van der Waals surface area contributed by atoms with Gasteiger partial charge in [0.1, 0.15) is 6.61 Å². The molecule has 2 aliphatic heterocycles. The van der Waals surface area contributed by atoms with Gasteiger partial charge in [-0.15, -0.1) is 0 Å². The van der Waals surface area contributed by atoms with Gasteiger partial charge in [-0.25, -0.2) is 4.68 Å². The number of likely N-dealkylation sites (tertiary alicyclic amines) is 1. The van der Waals surface area contributed by atoms with Crippen molar-refractivity contribution in [2.45, 2.75) is 12.8 Å². The van der Waals surface area contributed by atoms with Gasteiger partial charge in [0.2, 0.25) is 5.91 Å². The molecule has 1 amide bonds. The molecule has 1 saturated heterocycles. The van der Waals surface area contributed by atoms with E-state index in [1.54, 1.807) is 18.0 Å². The molecule has 7 nitrogen and oxygen atoms in total. The number of para-hydroxylation sites is 1. The van der Waals surface area contributed by atoms with Crippen molar-refractivity contribution in [3.63, 3.8) is 0 Å². The summed E-state index contributed by atoms with van der Waals surface area (Å²) in [4.78, 5) is 15.4. The smallest absolute Gasteiger partial charge is 0.228 e. The summed E-state index contributed by atoms with van der Waals surface area (Å²) >= 11 is 0. The van der Waals surface area contributed by atoms with Gasteiger partial charge in [-0.1, -0.05) is 18.2 Å². The first-order chi connectivity index (χ1) is 16.2. The zero-order valence-electron chi connectivity index (χ0n) is 18.7. The lowest BCUT2D eigenvalue weighted by Crippen LogP contribution is -2.42. The van der Waals surface area contributed by atoms with Crippen LogP contribution in [0, 0.1) is 5.92 Å². The maximum Gasteiger partial charge on any atom is 0.228 e. The molecule has 0 aliphatic carbocycles. The molecule has 0 bridgehead atoms. The third kappa shape index (κ3) is 4.78. The molecule has 1 atom stereocenters. The van der Waals surface area contributed by atoms with E-state index in [9.17, 15) is 4.79 Å². The fourth-order valence-electron chi connectivity index (χ4n) is 4.57. The van der Waals surface area contributed by atoms with E-state index in [1.165, 1.54) is 5.57 Å². The summed E-state index contributed by atoms with van der Waals surface area (Å²) in [6, 6.07) is 15.6. The number of rotatable bonds is 6. The Kier molecular flexibility index (Phi) is 6.13. The second-order valence-electron chi connectivity index (χ2n) is 8.53. The number of benzene rings is 2. The van der Waals surface area contributed by atoms with E-state index in [0.29, 0.717) is 6.61 Å². The first-order valence-electron chi connectivity index (χ1n) is 11.3. The second kappa shape index (κ2) is 9.50. The Bertz CT molecular complexity index is 1160. The van der Waals surface area contributed by atoms with Crippen LogP contribution in [0.3, 0.4) is 0 Å². The van der Waals surface area contributed by atoms with Crippen molar-refractivity contribution in [3.8, 4) is 17.2 Å². The summed E-state index contributed by atoms with van der Waals surface area (Å²) in [5.74, 6) is 1.59. The van der Waals surface area contributed by atoms with Crippen molar-refractivity contribution in [3.05, 3.63) is 72.1 Å². The number of methoxy groups -OCH3 is 1. The minimum atomic E-state index is -0.0374. The predicted molar refractivity (Wildman–Crippen MR) is 128 cm³/mol. The minimum Gasteiger partial charge on any atom is -0.493 e. The number of hydrogen-bond acceptors (Lipinski definition) is 5. The molecule has 0 radical (unpaired) electrons. The third-order valence-corrected chi connectivity index (χ3v) is 6.18. The Balaban J connectivity index is 1.22. The van der Waals surface area contributed by atoms with Gasteiger partial charge >= 0.3 is 0 Å². The summed E-state index contributed by atoms with van der Waals surface area (Å²) in [5, 5.41) is 7.36. The topological polar surface area (TPSA) is 68.6 Å². The number of fused-ring (bicyclic) bond motifs is 1. The van der Waals surface area contributed by atoms with Crippen LogP contribution in [-0.4, -0.2) is 53.9 Å². The van der Waals surface area contributed by atoms with Crippen molar-refractivity contribution in [1.29, 1.82) is 0 Å². The predicted octanol–water partition coefficient (Wildman–Crippen LogP) is 4.01. The van der Waals surface area contributed by atoms with E-state index < -0.39 is 0 Å². The van der Waals surface area contributed by atoms with Gasteiger partial charge in [0, 0.05) is 36.7 Å². The number of aromatic nitrogens is 2. The molecule has 170 valence electrons. The number of piperidine rings is 1. The Morgan fingerprint density at radius 3 is 3.00 bits per heavy atom. The molecule has 33 heavy (non-hydrogen) atoms. The van der Waals surface area contributed by atoms with E-state index in [4.69, 9.17) is 9.47 Å². The highest BCUT2D eigenvalue weighted by Gasteiger charge is 2.27. The van der Waals surface area contributed by atoms with Crippen LogP contribution in [0.25, 0.3) is 11.8 Å². The summed E-state index contributed by atoms with van der Waals surface area (Å²) in [5.41, 5.74) is 3.96. The number of nitrogens with one attached hydrogen (secondary N) is 1. The largest absolute Gasteiger partial charge is 0.493 e. The van der Waals surface area contributed by atoms with E-state index >= 15 is 0 Å². The monoisotopic (exact) mass is 444 g/mol. The zero-order valence-corrected chi connectivity index (χ0v) is 18.7. The second-order valence-corrected chi connectivity index (χ2v) is 8.53. The van der Waals surface area contributed by atoms with Crippen LogP contribution in [0.1, 0.15) is 18.4 Å². The fraction of sp³-hybridized carbons (Fsp3) is 0.308. The molecule has 0 saturated carbocycles. The van der Waals surface area contributed by atoms with Crippen LogP contribution in [0.15, 0.2) is 66.5 Å². The number of anilines is 1. The first kappa shape index (κ1) is 21.3. The highest BCUT2D eigenvalue weighted by Crippen LogP contribution is 2.35. The van der Waals surface area contributed by atoms with Crippen molar-refractivity contribution >= 4 is 17.7 Å².